The molecule has 0 bridgehead atoms. The van der Waals surface area contributed by atoms with E-state index in [0.717, 1.165) is 18.6 Å². The maximum atomic E-state index is 12.8. The van der Waals surface area contributed by atoms with Gasteiger partial charge < -0.3 is 4.74 Å². The quantitative estimate of drug-likeness (QED) is 0.642. The van der Waals surface area contributed by atoms with Gasteiger partial charge in [-0.05, 0) is 42.3 Å². The smallest absolute Gasteiger partial charge is 0.416 e. The number of esters is 1. The molecule has 28 heavy (non-hydrogen) atoms. The van der Waals surface area contributed by atoms with Crippen molar-refractivity contribution in [1.29, 1.82) is 0 Å². The van der Waals surface area contributed by atoms with Gasteiger partial charge in [-0.3, -0.25) is 9.36 Å². The molecule has 0 fully saturated rings. The normalized spacial score (nSPS) is 13.5. The molecule has 2 heterocycles. The molecule has 4 rings (SSSR count). The molecule has 0 N–H and O–H groups in total. The van der Waals surface area contributed by atoms with Gasteiger partial charge in [0, 0.05) is 13.0 Å². The molecule has 2 aromatic carbocycles. The summed E-state index contributed by atoms with van der Waals surface area (Å²) >= 11 is 0. The van der Waals surface area contributed by atoms with Crippen LogP contribution in [0.1, 0.15) is 33.7 Å². The minimum Gasteiger partial charge on any atom is -0.457 e. The van der Waals surface area contributed by atoms with Crippen LogP contribution in [0.15, 0.2) is 47.3 Å². The number of rotatable bonds is 3. The van der Waals surface area contributed by atoms with Gasteiger partial charge in [-0.1, -0.05) is 12.1 Å². The first-order valence-corrected chi connectivity index (χ1v) is 8.70. The minimum absolute atomic E-state index is 0.138. The van der Waals surface area contributed by atoms with Crippen LogP contribution in [0.3, 0.4) is 0 Å². The van der Waals surface area contributed by atoms with Gasteiger partial charge in [0.2, 0.25) is 0 Å². The molecule has 1 aromatic heterocycles. The Morgan fingerprint density at radius 2 is 2.00 bits per heavy atom. The van der Waals surface area contributed by atoms with Gasteiger partial charge in [0.15, 0.2) is 0 Å². The Balaban J connectivity index is 1.55. The van der Waals surface area contributed by atoms with Crippen molar-refractivity contribution < 1.29 is 22.7 Å². The van der Waals surface area contributed by atoms with Gasteiger partial charge in [0.1, 0.15) is 12.4 Å². The van der Waals surface area contributed by atoms with Gasteiger partial charge in [-0.2, -0.15) is 13.2 Å². The van der Waals surface area contributed by atoms with Crippen molar-refractivity contribution in [3.8, 4) is 0 Å². The molecule has 8 heteroatoms. The maximum absolute atomic E-state index is 12.8. The zero-order valence-electron chi connectivity index (χ0n) is 14.6. The van der Waals surface area contributed by atoms with E-state index in [1.165, 1.54) is 30.3 Å². The molecular formula is C20H15F3N2O3. The molecule has 0 aliphatic carbocycles. The summed E-state index contributed by atoms with van der Waals surface area (Å²) in [6.45, 7) is 0.346. The van der Waals surface area contributed by atoms with Gasteiger partial charge in [0.25, 0.3) is 5.56 Å². The molecule has 0 amide bonds. The standard InChI is InChI=1S/C20H15F3N2O3/c21-20(22,23)14-4-1-3-12(9-14)11-28-19(27)13-6-7-15-16(10-13)24-17-5-2-8-25(17)18(15)26/h1,3-4,6-7,9-10H,2,5,8,11H2. The van der Waals surface area contributed by atoms with Crippen LogP contribution in [0.25, 0.3) is 10.9 Å². The predicted molar refractivity (Wildman–Crippen MR) is 94.9 cm³/mol. The van der Waals surface area contributed by atoms with Crippen molar-refractivity contribution in [2.24, 2.45) is 0 Å². The second-order valence-corrected chi connectivity index (χ2v) is 6.59. The van der Waals surface area contributed by atoms with Crippen LogP contribution in [0.4, 0.5) is 13.2 Å². The number of fused-ring (bicyclic) bond motifs is 2. The molecule has 0 saturated heterocycles. The first kappa shape index (κ1) is 18.2. The molecule has 5 nitrogen and oxygen atoms in total. The fraction of sp³-hybridized carbons (Fsp3) is 0.250. The fourth-order valence-electron chi connectivity index (χ4n) is 3.28. The molecule has 144 valence electrons. The number of aryl methyl sites for hydroxylation is 1. The number of hydrogen-bond acceptors (Lipinski definition) is 4. The summed E-state index contributed by atoms with van der Waals surface area (Å²) < 4.78 is 45.1. The van der Waals surface area contributed by atoms with E-state index in [1.807, 2.05) is 0 Å². The second-order valence-electron chi connectivity index (χ2n) is 6.59. The highest BCUT2D eigenvalue weighted by atomic mass is 19.4. The molecule has 0 spiro atoms. The average molecular weight is 388 g/mol. The number of benzene rings is 2. The van der Waals surface area contributed by atoms with E-state index in [4.69, 9.17) is 4.74 Å². The molecule has 3 aromatic rings. The predicted octanol–water partition coefficient (Wildman–Crippen LogP) is 3.72. The molecule has 1 aliphatic heterocycles. The number of nitrogens with zero attached hydrogens (tertiary/aromatic N) is 2. The number of halogens is 3. The van der Waals surface area contributed by atoms with Gasteiger partial charge in [-0.15, -0.1) is 0 Å². The van der Waals surface area contributed by atoms with Crippen molar-refractivity contribution in [2.75, 3.05) is 0 Å². The van der Waals surface area contributed by atoms with Crippen LogP contribution >= 0.6 is 0 Å². The van der Waals surface area contributed by atoms with Crippen LogP contribution < -0.4 is 5.56 Å². The molecule has 0 atom stereocenters. The summed E-state index contributed by atoms with van der Waals surface area (Å²) in [7, 11) is 0. The highest BCUT2D eigenvalue weighted by Gasteiger charge is 2.30. The largest absolute Gasteiger partial charge is 0.457 e. The second kappa shape index (κ2) is 6.78. The summed E-state index contributed by atoms with van der Waals surface area (Å²) in [6.07, 6.45) is -2.90. The monoisotopic (exact) mass is 388 g/mol. The Labute approximate surface area is 157 Å². The van der Waals surface area contributed by atoms with E-state index in [-0.39, 0.29) is 23.3 Å². The van der Waals surface area contributed by atoms with E-state index in [1.54, 1.807) is 4.57 Å². The van der Waals surface area contributed by atoms with E-state index >= 15 is 0 Å². The number of carbonyl (C=O) groups excluding carboxylic acids is 1. The van der Waals surface area contributed by atoms with Crippen LogP contribution in [-0.2, 0) is 30.5 Å². The lowest BCUT2D eigenvalue weighted by Crippen LogP contribution is -2.21. The summed E-state index contributed by atoms with van der Waals surface area (Å²) in [5, 5.41) is 0.417. The molecular weight excluding hydrogens is 373 g/mol. The Hall–Kier alpha value is -3.16. The summed E-state index contributed by atoms with van der Waals surface area (Å²) in [6, 6.07) is 9.08. The zero-order chi connectivity index (χ0) is 19.9. The third kappa shape index (κ3) is 3.37. The number of ether oxygens (including phenoxy) is 1. The van der Waals surface area contributed by atoms with Crippen molar-refractivity contribution in [3.63, 3.8) is 0 Å². The summed E-state index contributed by atoms with van der Waals surface area (Å²) in [5.41, 5.74) is -0.106. The Morgan fingerprint density at radius 3 is 2.79 bits per heavy atom. The molecule has 0 saturated carbocycles. The lowest BCUT2D eigenvalue weighted by molar-refractivity contribution is -0.137. The SMILES string of the molecule is O=C(OCc1cccc(C(F)(F)F)c1)c1ccc2c(=O)n3c(nc2c1)CCC3. The first-order chi connectivity index (χ1) is 13.3. The van der Waals surface area contributed by atoms with Gasteiger partial charge in [-0.25, -0.2) is 9.78 Å². The minimum atomic E-state index is -4.46. The van der Waals surface area contributed by atoms with E-state index in [9.17, 15) is 22.8 Å². The van der Waals surface area contributed by atoms with Gasteiger partial charge >= 0.3 is 12.1 Å². The van der Waals surface area contributed by atoms with E-state index < -0.39 is 17.7 Å². The Bertz CT molecular complexity index is 1140. The lowest BCUT2D eigenvalue weighted by atomic mass is 10.1. The lowest BCUT2D eigenvalue weighted by Gasteiger charge is -2.10. The molecule has 0 unspecified atom stereocenters. The molecule has 0 radical (unpaired) electrons. The van der Waals surface area contributed by atoms with E-state index in [2.05, 4.69) is 4.98 Å². The van der Waals surface area contributed by atoms with Crippen LogP contribution in [-0.4, -0.2) is 15.5 Å². The maximum Gasteiger partial charge on any atom is 0.416 e. The Morgan fingerprint density at radius 1 is 1.18 bits per heavy atom. The van der Waals surface area contributed by atoms with Crippen molar-refractivity contribution in [1.82, 2.24) is 9.55 Å². The van der Waals surface area contributed by atoms with Crippen molar-refractivity contribution in [2.45, 2.75) is 32.2 Å². The number of carbonyl (C=O) groups is 1. The van der Waals surface area contributed by atoms with Crippen molar-refractivity contribution >= 4 is 16.9 Å². The Kier molecular flexibility index (Phi) is 4.41. The van der Waals surface area contributed by atoms with E-state index in [0.29, 0.717) is 29.7 Å². The number of aromatic nitrogens is 2. The first-order valence-electron chi connectivity index (χ1n) is 8.70. The third-order valence-corrected chi connectivity index (χ3v) is 4.68. The summed E-state index contributed by atoms with van der Waals surface area (Å²) in [4.78, 5) is 29.2. The van der Waals surface area contributed by atoms with Crippen LogP contribution in [0.2, 0.25) is 0 Å². The summed E-state index contributed by atoms with van der Waals surface area (Å²) in [5.74, 6) is -0.00584. The highest BCUT2D eigenvalue weighted by Crippen LogP contribution is 2.29. The zero-order valence-corrected chi connectivity index (χ0v) is 14.6. The molecule has 1 aliphatic rings. The number of hydrogen-bond donors (Lipinski definition) is 0. The van der Waals surface area contributed by atoms with Crippen LogP contribution in [0.5, 0.6) is 0 Å². The van der Waals surface area contributed by atoms with Crippen LogP contribution in [0, 0.1) is 0 Å². The van der Waals surface area contributed by atoms with Crippen molar-refractivity contribution in [3.05, 3.63) is 75.3 Å². The highest BCUT2D eigenvalue weighted by molar-refractivity contribution is 5.94. The third-order valence-electron chi connectivity index (χ3n) is 4.68. The fourth-order valence-corrected chi connectivity index (χ4v) is 3.28. The topological polar surface area (TPSA) is 61.2 Å². The van der Waals surface area contributed by atoms with Gasteiger partial charge in [0.05, 0.1) is 22.0 Å². The number of alkyl halides is 3. The average Bonchev–Trinajstić information content (AvgIpc) is 3.14.